The van der Waals surface area contributed by atoms with Gasteiger partial charge in [0, 0.05) is 30.2 Å². The van der Waals surface area contributed by atoms with E-state index in [0.717, 1.165) is 6.26 Å². The number of aromatic nitrogens is 1. The molecular formula is C23H25N2O7PS. The Kier molecular flexibility index (Phi) is 8.09. The second kappa shape index (κ2) is 10.8. The molecular weight excluding hydrogens is 479 g/mol. The molecule has 0 aliphatic heterocycles. The lowest BCUT2D eigenvalue weighted by molar-refractivity contribution is 0.102. The van der Waals surface area contributed by atoms with Crippen LogP contribution in [0.5, 0.6) is 17.2 Å². The minimum Gasteiger partial charge on any atom is -0.491 e. The molecule has 2 aromatic carbocycles. The number of anilines is 1. The van der Waals surface area contributed by atoms with E-state index in [9.17, 15) is 17.8 Å². The van der Waals surface area contributed by atoms with Crippen molar-refractivity contribution in [3.05, 3.63) is 71.9 Å². The molecule has 11 heteroatoms. The highest BCUT2D eigenvalue weighted by atomic mass is 32.2. The predicted molar refractivity (Wildman–Crippen MR) is 129 cm³/mol. The largest absolute Gasteiger partial charge is 0.491 e. The average molecular weight is 505 g/mol. The lowest BCUT2D eigenvalue weighted by Gasteiger charge is -2.14. The summed E-state index contributed by atoms with van der Waals surface area (Å²) in [6.45, 7) is 3.70. The van der Waals surface area contributed by atoms with Crippen molar-refractivity contribution in [2.45, 2.75) is 31.0 Å². The second-order valence-electron chi connectivity index (χ2n) is 7.78. The van der Waals surface area contributed by atoms with Gasteiger partial charge in [-0.05, 0) is 61.9 Å². The molecule has 0 radical (unpaired) electrons. The molecule has 3 aromatic rings. The number of hydrogen-bond acceptors (Lipinski definition) is 7. The Balaban J connectivity index is 1.83. The standard InChI is InChI=1S/C23H25N2O7PS/c1-15(2)31-19-10-17(23(26)25-22-9-4-16(13-24-22)14-33(27)28)11-20(12-19)32-18-5-7-21(8-6-18)34(3,29)30/h4-13,15,33H,14H2,1-3H3,(H,27,28)(H,24,25,26). The molecule has 0 aliphatic carbocycles. The fourth-order valence-corrected chi connectivity index (χ4v) is 4.15. The molecule has 1 aromatic heterocycles. The predicted octanol–water partition coefficient (Wildman–Crippen LogP) is 4.28. The van der Waals surface area contributed by atoms with Gasteiger partial charge >= 0.3 is 0 Å². The Labute approximate surface area is 198 Å². The number of rotatable bonds is 9. The van der Waals surface area contributed by atoms with Gasteiger partial charge in [-0.2, -0.15) is 0 Å². The Morgan fingerprint density at radius 2 is 1.74 bits per heavy atom. The first-order chi connectivity index (χ1) is 16.0. The van der Waals surface area contributed by atoms with Crippen LogP contribution in [0.25, 0.3) is 0 Å². The zero-order chi connectivity index (χ0) is 24.9. The van der Waals surface area contributed by atoms with E-state index in [0.29, 0.717) is 22.8 Å². The van der Waals surface area contributed by atoms with E-state index in [-0.39, 0.29) is 28.5 Å². The van der Waals surface area contributed by atoms with Gasteiger partial charge in [-0.25, -0.2) is 13.4 Å². The van der Waals surface area contributed by atoms with Crippen molar-refractivity contribution in [2.24, 2.45) is 0 Å². The lowest BCUT2D eigenvalue weighted by Crippen LogP contribution is -2.14. The van der Waals surface area contributed by atoms with E-state index < -0.39 is 23.8 Å². The number of nitrogens with zero attached hydrogens (tertiary/aromatic N) is 1. The van der Waals surface area contributed by atoms with Crippen LogP contribution in [-0.4, -0.2) is 36.6 Å². The van der Waals surface area contributed by atoms with Crippen molar-refractivity contribution >= 4 is 29.6 Å². The summed E-state index contributed by atoms with van der Waals surface area (Å²) < 4.78 is 45.9. The van der Waals surface area contributed by atoms with Gasteiger partial charge in [0.2, 0.25) is 0 Å². The van der Waals surface area contributed by atoms with Gasteiger partial charge in [0.05, 0.1) is 11.0 Å². The molecule has 1 atom stereocenters. The lowest BCUT2D eigenvalue weighted by atomic mass is 10.2. The smallest absolute Gasteiger partial charge is 0.257 e. The van der Waals surface area contributed by atoms with Gasteiger partial charge in [0.25, 0.3) is 5.91 Å². The fourth-order valence-electron chi connectivity index (χ4n) is 2.96. The zero-order valence-electron chi connectivity index (χ0n) is 18.8. The highest BCUT2D eigenvalue weighted by Gasteiger charge is 2.14. The number of hydrogen-bond donors (Lipinski definition) is 2. The van der Waals surface area contributed by atoms with E-state index >= 15 is 0 Å². The number of nitrogens with one attached hydrogen (secondary N) is 1. The average Bonchev–Trinajstić information content (AvgIpc) is 2.74. The minimum absolute atomic E-state index is 0.0202. The van der Waals surface area contributed by atoms with Crippen molar-refractivity contribution in [1.29, 1.82) is 0 Å². The quantitative estimate of drug-likeness (QED) is 0.413. The summed E-state index contributed by atoms with van der Waals surface area (Å²) in [4.78, 5) is 26.2. The Bertz CT molecular complexity index is 1290. The number of benzene rings is 2. The van der Waals surface area contributed by atoms with Crippen molar-refractivity contribution in [1.82, 2.24) is 4.98 Å². The molecule has 0 saturated carbocycles. The molecule has 180 valence electrons. The maximum atomic E-state index is 12.9. The first-order valence-corrected chi connectivity index (χ1v) is 13.7. The maximum absolute atomic E-state index is 12.9. The van der Waals surface area contributed by atoms with Gasteiger partial charge in [-0.1, -0.05) is 6.07 Å². The van der Waals surface area contributed by atoms with Crippen LogP contribution in [0.1, 0.15) is 29.8 Å². The van der Waals surface area contributed by atoms with Crippen molar-refractivity contribution in [3.63, 3.8) is 0 Å². The number of ether oxygens (including phenoxy) is 2. The number of pyridine rings is 1. The van der Waals surface area contributed by atoms with E-state index in [1.807, 2.05) is 13.8 Å². The zero-order valence-corrected chi connectivity index (χ0v) is 20.6. The van der Waals surface area contributed by atoms with E-state index in [2.05, 4.69) is 10.3 Å². The van der Waals surface area contributed by atoms with E-state index in [1.165, 1.54) is 36.5 Å². The monoisotopic (exact) mass is 504 g/mol. The van der Waals surface area contributed by atoms with Gasteiger partial charge in [-0.3, -0.25) is 9.36 Å². The summed E-state index contributed by atoms with van der Waals surface area (Å²) in [6.07, 6.45) is 2.43. The molecule has 0 fully saturated rings. The Morgan fingerprint density at radius 3 is 2.29 bits per heavy atom. The van der Waals surface area contributed by atoms with E-state index in [1.54, 1.807) is 24.3 Å². The Morgan fingerprint density at radius 1 is 1.06 bits per heavy atom. The van der Waals surface area contributed by atoms with Crippen LogP contribution in [-0.2, 0) is 20.6 Å². The fraction of sp³-hybridized carbons (Fsp3) is 0.217. The molecule has 1 heterocycles. The summed E-state index contributed by atoms with van der Waals surface area (Å²) in [5.41, 5.74) is 0.849. The number of carbonyl (C=O) groups is 1. The maximum Gasteiger partial charge on any atom is 0.257 e. The van der Waals surface area contributed by atoms with Crippen LogP contribution in [0.3, 0.4) is 0 Å². The third-order valence-electron chi connectivity index (χ3n) is 4.42. The third kappa shape index (κ3) is 7.41. The summed E-state index contributed by atoms with van der Waals surface area (Å²) in [5.74, 6) is 0.956. The van der Waals surface area contributed by atoms with Gasteiger partial charge < -0.3 is 19.7 Å². The van der Waals surface area contributed by atoms with Crippen LogP contribution in [0, 0.1) is 0 Å². The van der Waals surface area contributed by atoms with Gasteiger partial charge in [-0.15, -0.1) is 0 Å². The van der Waals surface area contributed by atoms with E-state index in [4.69, 9.17) is 14.4 Å². The van der Waals surface area contributed by atoms with Gasteiger partial charge in [0.15, 0.2) is 17.9 Å². The Hall–Kier alpha value is -3.20. The van der Waals surface area contributed by atoms with Crippen molar-refractivity contribution in [2.75, 3.05) is 11.6 Å². The molecule has 1 unspecified atom stereocenters. The number of amides is 1. The molecule has 0 aliphatic rings. The van der Waals surface area contributed by atoms with Crippen LogP contribution in [0.2, 0.25) is 0 Å². The summed E-state index contributed by atoms with van der Waals surface area (Å²) in [7, 11) is -5.98. The third-order valence-corrected chi connectivity index (χ3v) is 6.26. The molecule has 2 N–H and O–H groups in total. The van der Waals surface area contributed by atoms with Crippen LogP contribution >= 0.6 is 8.03 Å². The number of sulfone groups is 1. The SMILES string of the molecule is CC(C)Oc1cc(Oc2ccc(S(C)(=O)=O)cc2)cc(C(=O)Nc2ccc(C[PH](=O)O)cn2)c1. The summed E-state index contributed by atoms with van der Waals surface area (Å²) in [6, 6.07) is 13.8. The van der Waals surface area contributed by atoms with Crippen molar-refractivity contribution < 1.29 is 32.1 Å². The molecule has 0 spiro atoms. The highest BCUT2D eigenvalue weighted by Crippen LogP contribution is 2.29. The second-order valence-corrected chi connectivity index (χ2v) is 10.9. The number of carbonyl (C=O) groups excluding carboxylic acids is 1. The molecule has 34 heavy (non-hydrogen) atoms. The van der Waals surface area contributed by atoms with Crippen LogP contribution < -0.4 is 14.8 Å². The topological polar surface area (TPSA) is 132 Å². The molecule has 1 amide bonds. The summed E-state index contributed by atoms with van der Waals surface area (Å²) >= 11 is 0. The van der Waals surface area contributed by atoms with Gasteiger partial charge in [0.1, 0.15) is 23.1 Å². The summed E-state index contributed by atoms with van der Waals surface area (Å²) in [5, 5.41) is 2.67. The molecule has 3 rings (SSSR count). The van der Waals surface area contributed by atoms with Crippen LogP contribution in [0.15, 0.2) is 65.7 Å². The molecule has 9 nitrogen and oxygen atoms in total. The first kappa shape index (κ1) is 25.4. The van der Waals surface area contributed by atoms with Crippen molar-refractivity contribution in [3.8, 4) is 17.2 Å². The highest BCUT2D eigenvalue weighted by molar-refractivity contribution is 7.90. The molecule has 0 saturated heterocycles. The normalized spacial score (nSPS) is 12.3. The minimum atomic E-state index is -3.33. The molecule has 0 bridgehead atoms. The first-order valence-electron chi connectivity index (χ1n) is 10.3. The van der Waals surface area contributed by atoms with Crippen LogP contribution in [0.4, 0.5) is 5.82 Å².